The predicted molar refractivity (Wildman–Crippen MR) is 168 cm³/mol. The third-order valence-electron chi connectivity index (χ3n) is 7.27. The molecule has 12 heteroatoms. The lowest BCUT2D eigenvalue weighted by Gasteiger charge is -2.23. The molecular weight excluding hydrogens is 589 g/mol. The zero-order chi connectivity index (χ0) is 31.6. The van der Waals surface area contributed by atoms with Crippen LogP contribution in [0, 0.1) is 20.8 Å². The van der Waals surface area contributed by atoms with Crippen molar-refractivity contribution < 1.29 is 22.7 Å². The maximum Gasteiger partial charge on any atom is 0.573 e. The highest BCUT2D eigenvalue weighted by atomic mass is 32.2. The second-order valence-electron chi connectivity index (χ2n) is 10.6. The summed E-state index contributed by atoms with van der Waals surface area (Å²) in [6.45, 7) is 10.8. The summed E-state index contributed by atoms with van der Waals surface area (Å²) in [6, 6.07) is 16.7. The highest BCUT2D eigenvalue weighted by molar-refractivity contribution is 8.14. The maximum atomic E-state index is 12.9. The number of aliphatic imine (C=N–C) groups is 2. The number of carbonyl (C=O) groups excluding carboxylic acids is 1. The lowest BCUT2D eigenvalue weighted by molar-refractivity contribution is -0.274. The number of anilines is 1. The van der Waals surface area contributed by atoms with E-state index in [0.29, 0.717) is 22.4 Å². The molecule has 2 amide bonds. The number of urea groups is 1. The molecule has 2 heterocycles. The van der Waals surface area contributed by atoms with Gasteiger partial charge in [-0.15, -0.1) is 18.3 Å². The topological polar surface area (TPSA) is 85.0 Å². The van der Waals surface area contributed by atoms with Gasteiger partial charge in [0.1, 0.15) is 12.1 Å². The van der Waals surface area contributed by atoms with E-state index >= 15 is 0 Å². The molecule has 4 aromatic rings. The number of rotatable bonds is 6. The van der Waals surface area contributed by atoms with Gasteiger partial charge in [-0.2, -0.15) is 4.99 Å². The summed E-state index contributed by atoms with van der Waals surface area (Å²) in [6.07, 6.45) is -3.27. The minimum absolute atomic E-state index is 0.134. The van der Waals surface area contributed by atoms with Crippen LogP contribution in [0.25, 0.3) is 17.1 Å². The maximum absolute atomic E-state index is 12.9. The van der Waals surface area contributed by atoms with Crippen LogP contribution in [0.3, 0.4) is 0 Å². The van der Waals surface area contributed by atoms with Crippen LogP contribution in [0.4, 0.5) is 23.7 Å². The van der Waals surface area contributed by atoms with Crippen molar-refractivity contribution in [1.29, 1.82) is 0 Å². The van der Waals surface area contributed by atoms with Gasteiger partial charge in [0.2, 0.25) is 0 Å². The summed E-state index contributed by atoms with van der Waals surface area (Å²) in [5, 5.41) is 5.11. The van der Waals surface area contributed by atoms with Gasteiger partial charge in [0.15, 0.2) is 11.0 Å². The Kier molecular flexibility index (Phi) is 8.91. The number of amides is 2. The van der Waals surface area contributed by atoms with Crippen LogP contribution in [0.15, 0.2) is 77.0 Å². The standard InChI is InChI=1S/C32H31F3N6O2S/c1-19-16-20(2)28(21(3)17-19)40-14-15-44-31(40)38-30(42)37-23(5)22(4)24-6-8-25(9-7-24)29-36-18-41(39-29)26-10-12-27(13-11-26)43-32(33,34)35/h6-13,16-18,22H,14-15H2,1-5H3. The number of hydrogen-bond donors (Lipinski definition) is 0. The molecule has 0 radical (unpaired) electrons. The first-order valence-electron chi connectivity index (χ1n) is 13.9. The quantitative estimate of drug-likeness (QED) is 0.203. The van der Waals surface area contributed by atoms with E-state index in [1.54, 1.807) is 11.8 Å². The van der Waals surface area contributed by atoms with Crippen molar-refractivity contribution in [1.82, 2.24) is 14.8 Å². The SMILES string of the molecule is CC(=NC(=O)N=C1SCCN1c1c(C)cc(C)cc1C)C(C)c1ccc(-c2ncn(-c3ccc(OC(F)(F)F)cc3)n2)cc1. The molecule has 1 saturated heterocycles. The number of aryl methyl sites for hydroxylation is 3. The van der Waals surface area contributed by atoms with E-state index in [-0.39, 0.29) is 11.7 Å². The number of ether oxygens (including phenoxy) is 1. The molecule has 0 N–H and O–H groups in total. The van der Waals surface area contributed by atoms with Crippen LogP contribution in [-0.4, -0.2) is 50.3 Å². The van der Waals surface area contributed by atoms with Gasteiger partial charge in [-0.3, -0.25) is 0 Å². The number of aromatic nitrogens is 3. The Morgan fingerprint density at radius 2 is 1.68 bits per heavy atom. The fourth-order valence-corrected chi connectivity index (χ4v) is 6.07. The zero-order valence-corrected chi connectivity index (χ0v) is 25.7. The second-order valence-corrected chi connectivity index (χ2v) is 11.6. The highest BCUT2D eigenvalue weighted by Crippen LogP contribution is 2.32. The van der Waals surface area contributed by atoms with Crippen LogP contribution in [0.5, 0.6) is 5.75 Å². The monoisotopic (exact) mass is 620 g/mol. The summed E-state index contributed by atoms with van der Waals surface area (Å²) in [5.74, 6) is 0.852. The van der Waals surface area contributed by atoms with Crippen LogP contribution < -0.4 is 9.64 Å². The fraction of sp³-hybridized carbons (Fsp3) is 0.281. The summed E-state index contributed by atoms with van der Waals surface area (Å²) >= 11 is 1.56. The van der Waals surface area contributed by atoms with Gasteiger partial charge in [0, 0.05) is 35.2 Å². The Balaban J connectivity index is 1.26. The van der Waals surface area contributed by atoms with Crippen LogP contribution in [0.1, 0.15) is 42.0 Å². The predicted octanol–water partition coefficient (Wildman–Crippen LogP) is 8.05. The van der Waals surface area contributed by atoms with E-state index in [2.05, 4.69) is 62.6 Å². The molecule has 44 heavy (non-hydrogen) atoms. The molecule has 1 unspecified atom stereocenters. The molecule has 1 aliphatic heterocycles. The number of thioether (sulfide) groups is 1. The molecule has 1 fully saturated rings. The molecule has 0 aliphatic carbocycles. The molecule has 3 aromatic carbocycles. The average molecular weight is 621 g/mol. The number of nitrogens with zero attached hydrogens (tertiary/aromatic N) is 6. The Morgan fingerprint density at radius 1 is 1.02 bits per heavy atom. The minimum atomic E-state index is -4.75. The van der Waals surface area contributed by atoms with Crippen molar-refractivity contribution >= 4 is 34.4 Å². The van der Waals surface area contributed by atoms with Crippen molar-refractivity contribution in [3.8, 4) is 22.8 Å². The van der Waals surface area contributed by atoms with Crippen molar-refractivity contribution in [3.63, 3.8) is 0 Å². The Hall–Kier alpha value is -4.45. The van der Waals surface area contributed by atoms with E-state index in [1.165, 1.54) is 40.8 Å². The second kappa shape index (κ2) is 12.7. The number of alkyl halides is 3. The lowest BCUT2D eigenvalue weighted by atomic mass is 9.96. The molecule has 8 nitrogen and oxygen atoms in total. The van der Waals surface area contributed by atoms with Crippen molar-refractivity contribution in [3.05, 3.63) is 89.2 Å². The zero-order valence-electron chi connectivity index (χ0n) is 24.9. The first kappa shape index (κ1) is 31.0. The van der Waals surface area contributed by atoms with Gasteiger partial charge < -0.3 is 9.64 Å². The summed E-state index contributed by atoms with van der Waals surface area (Å²) in [4.78, 5) is 28.0. The van der Waals surface area contributed by atoms with E-state index in [1.807, 2.05) is 38.1 Å². The van der Waals surface area contributed by atoms with E-state index in [0.717, 1.165) is 40.2 Å². The summed E-state index contributed by atoms with van der Waals surface area (Å²) in [5.41, 5.74) is 7.48. The Morgan fingerprint density at radius 3 is 2.32 bits per heavy atom. The van der Waals surface area contributed by atoms with E-state index in [4.69, 9.17) is 0 Å². The van der Waals surface area contributed by atoms with Crippen molar-refractivity contribution in [2.45, 2.75) is 46.9 Å². The third kappa shape index (κ3) is 7.19. The van der Waals surface area contributed by atoms with E-state index in [9.17, 15) is 18.0 Å². The normalized spacial score (nSPS) is 15.6. The van der Waals surface area contributed by atoms with Crippen LogP contribution in [0.2, 0.25) is 0 Å². The molecule has 1 aliphatic rings. The first-order chi connectivity index (χ1) is 20.9. The van der Waals surface area contributed by atoms with Gasteiger partial charge in [-0.1, -0.05) is 60.6 Å². The number of amidine groups is 1. The molecule has 0 bridgehead atoms. The number of carbonyl (C=O) groups is 1. The van der Waals surface area contributed by atoms with Gasteiger partial charge in [-0.05, 0) is 68.7 Å². The van der Waals surface area contributed by atoms with Crippen LogP contribution >= 0.6 is 11.8 Å². The molecule has 0 spiro atoms. The highest BCUT2D eigenvalue weighted by Gasteiger charge is 2.31. The third-order valence-corrected chi connectivity index (χ3v) is 8.22. The molecular formula is C32H31F3N6O2S. The van der Waals surface area contributed by atoms with Crippen molar-refractivity contribution in [2.24, 2.45) is 9.98 Å². The Labute approximate surface area is 257 Å². The molecule has 1 aromatic heterocycles. The minimum Gasteiger partial charge on any atom is -0.406 e. The number of halogens is 3. The average Bonchev–Trinajstić information content (AvgIpc) is 3.62. The number of benzene rings is 3. The lowest BCUT2D eigenvalue weighted by Crippen LogP contribution is -2.26. The van der Waals surface area contributed by atoms with Gasteiger partial charge >= 0.3 is 12.4 Å². The fourth-order valence-electron chi connectivity index (χ4n) is 5.14. The smallest absolute Gasteiger partial charge is 0.406 e. The number of hydrogen-bond acceptors (Lipinski definition) is 5. The molecule has 5 rings (SSSR count). The summed E-state index contributed by atoms with van der Waals surface area (Å²) < 4.78 is 42.7. The molecule has 228 valence electrons. The largest absolute Gasteiger partial charge is 0.573 e. The van der Waals surface area contributed by atoms with Crippen molar-refractivity contribution in [2.75, 3.05) is 17.2 Å². The molecule has 1 atom stereocenters. The first-order valence-corrected chi connectivity index (χ1v) is 14.9. The molecule has 0 saturated carbocycles. The summed E-state index contributed by atoms with van der Waals surface area (Å²) in [7, 11) is 0. The Bertz CT molecular complexity index is 1710. The van der Waals surface area contributed by atoms with Gasteiger partial charge in [-0.25, -0.2) is 19.5 Å². The van der Waals surface area contributed by atoms with Gasteiger partial charge in [0.25, 0.3) is 0 Å². The van der Waals surface area contributed by atoms with Crippen LogP contribution in [-0.2, 0) is 0 Å². The van der Waals surface area contributed by atoms with Gasteiger partial charge in [0.05, 0.1) is 5.69 Å². The van der Waals surface area contributed by atoms with E-state index < -0.39 is 12.4 Å².